The molecule has 4 N–H and O–H groups in total. The summed E-state index contributed by atoms with van der Waals surface area (Å²) in [5.74, 6) is -1.56. The van der Waals surface area contributed by atoms with Crippen LogP contribution in [0.15, 0.2) is 97.2 Å². The fourth-order valence-corrected chi connectivity index (χ4v) is 14.1. The van der Waals surface area contributed by atoms with E-state index in [0.717, 1.165) is 116 Å². The Morgan fingerprint density at radius 2 is 0.459 bits per heavy atom. The molecule has 0 amide bonds. The van der Waals surface area contributed by atoms with E-state index < -0.39 is 91.5 Å². The van der Waals surface area contributed by atoms with Gasteiger partial charge in [0.2, 0.25) is 0 Å². The highest BCUT2D eigenvalue weighted by Crippen LogP contribution is 2.45. The summed E-state index contributed by atoms with van der Waals surface area (Å²) in [4.78, 5) is 58.8. The van der Waals surface area contributed by atoms with E-state index in [1.807, 2.05) is 0 Å². The summed E-state index contributed by atoms with van der Waals surface area (Å²) in [7, 11) is -9.78. The van der Waals surface area contributed by atoms with Gasteiger partial charge in [-0.1, -0.05) is 375 Å². The molecular weight excluding hydrogens is 1410 g/mol. The summed E-state index contributed by atoms with van der Waals surface area (Å²) >= 11 is 0. The molecule has 0 saturated carbocycles. The van der Waals surface area contributed by atoms with Gasteiger partial charge in [-0.15, -0.1) is 0 Å². The van der Waals surface area contributed by atoms with Gasteiger partial charge in [-0.05, 0) is 109 Å². The van der Waals surface area contributed by atoms with E-state index in [-0.39, 0.29) is 19.3 Å². The molecule has 0 spiro atoms. The average molecular weight is 1580 g/mol. The quantitative estimate of drug-likeness (QED) is 0.0146. The fraction of sp³-hybridized carbons (Fsp3) is 0.791. The van der Waals surface area contributed by atoms with Crippen molar-refractivity contribution >= 4 is 33.6 Å². The van der Waals surface area contributed by atoms with Crippen molar-refractivity contribution in [2.45, 2.75) is 424 Å². The number of phosphoric ester groups is 2. The zero-order valence-electron chi connectivity index (χ0n) is 69.7. The molecule has 5 unspecified atom stereocenters. The van der Waals surface area contributed by atoms with Gasteiger partial charge in [0.05, 0.1) is 26.4 Å². The van der Waals surface area contributed by atoms with E-state index in [2.05, 4.69) is 118 Å². The predicted molar refractivity (Wildman–Crippen MR) is 454 cm³/mol. The first-order valence-corrected chi connectivity index (χ1v) is 47.5. The molecule has 0 aliphatic rings. The van der Waals surface area contributed by atoms with Crippen molar-refractivity contribution in [1.29, 1.82) is 0 Å². The van der Waals surface area contributed by atoms with Gasteiger partial charge in [0.15, 0.2) is 6.10 Å². The Morgan fingerprint density at radius 1 is 0.257 bits per heavy atom. The molecule has 0 bridgehead atoms. The van der Waals surface area contributed by atoms with Crippen molar-refractivity contribution < 1.29 is 75.8 Å². The molecule has 5 atom stereocenters. The molecule has 0 fully saturated rings. The van der Waals surface area contributed by atoms with E-state index in [4.69, 9.17) is 32.3 Å². The summed E-state index contributed by atoms with van der Waals surface area (Å²) in [5.41, 5.74) is 0. The highest BCUT2D eigenvalue weighted by molar-refractivity contribution is 7.47. The minimum atomic E-state index is -4.93. The van der Waals surface area contributed by atoms with Crippen LogP contribution >= 0.6 is 15.6 Å². The summed E-state index contributed by atoms with van der Waals surface area (Å²) in [6, 6.07) is 0. The maximum Gasteiger partial charge on any atom is 0.472 e. The van der Waals surface area contributed by atoms with E-state index in [1.165, 1.54) is 231 Å². The second-order valence-corrected chi connectivity index (χ2v) is 33.0. The Hall–Kier alpha value is -3.53. The van der Waals surface area contributed by atoms with Crippen LogP contribution in [0.4, 0.5) is 0 Å². The standard InChI is InChI=1S/C91H164O16P2/c1-4-7-10-13-16-19-22-25-27-29-31-33-35-37-38-39-40-41-42-43-44-45-46-48-50-51-53-55-57-60-62-65-68-71-74-77-89(94)101-80-86(92)81-103-108(97,98)104-82-87(93)83-105-109(99,100)106-85-88(107-91(96)79-76-73-70-67-64-59-24-21-18-15-12-9-6-3)84-102-90(95)78-75-72-69-66-63-61-58-56-54-52-49-47-36-34-32-30-28-26-23-20-17-14-11-8-5-2/h16-17,19-20,25-28,31-34,37-38,47,49,86-88,92-93H,4-15,18,21-24,29-30,35-36,39-46,48,50-85H2,1-3H3,(H,97,98)(H,99,100)/b19-16-,20-17-,27-25-,28-26-,33-31-,34-32-,38-37-,49-47-. The summed E-state index contributed by atoms with van der Waals surface area (Å²) in [5, 5.41) is 20.7. The number of hydrogen-bond donors (Lipinski definition) is 4. The zero-order chi connectivity index (χ0) is 79.4. The number of rotatable bonds is 85. The fourth-order valence-electron chi connectivity index (χ4n) is 12.5. The van der Waals surface area contributed by atoms with Crippen LogP contribution in [0.3, 0.4) is 0 Å². The van der Waals surface area contributed by atoms with E-state index in [1.54, 1.807) is 0 Å². The number of ether oxygens (including phenoxy) is 3. The molecule has 109 heavy (non-hydrogen) atoms. The first kappa shape index (κ1) is 105. The molecule has 0 rings (SSSR count). The van der Waals surface area contributed by atoms with Crippen LogP contribution < -0.4 is 0 Å². The molecule has 634 valence electrons. The number of hydrogen-bond acceptors (Lipinski definition) is 14. The molecule has 0 aromatic rings. The molecule has 0 aromatic heterocycles. The molecule has 0 heterocycles. The Labute approximate surface area is 667 Å². The third-order valence-electron chi connectivity index (χ3n) is 19.3. The number of esters is 3. The van der Waals surface area contributed by atoms with Crippen molar-refractivity contribution in [1.82, 2.24) is 0 Å². The second kappa shape index (κ2) is 83.9. The van der Waals surface area contributed by atoms with Crippen LogP contribution in [0.2, 0.25) is 0 Å². The van der Waals surface area contributed by atoms with Crippen LogP contribution in [-0.4, -0.2) is 95.9 Å². The van der Waals surface area contributed by atoms with Crippen LogP contribution in [0.5, 0.6) is 0 Å². The summed E-state index contributed by atoms with van der Waals surface area (Å²) < 4.78 is 61.3. The highest BCUT2D eigenvalue weighted by atomic mass is 31.2. The minimum absolute atomic E-state index is 0.108. The number of phosphoric acid groups is 2. The Bertz CT molecular complexity index is 2370. The molecule has 18 heteroatoms. The number of aliphatic hydroxyl groups excluding tert-OH is 2. The van der Waals surface area contributed by atoms with Crippen molar-refractivity contribution in [3.8, 4) is 0 Å². The van der Waals surface area contributed by atoms with E-state index in [9.17, 15) is 43.5 Å². The second-order valence-electron chi connectivity index (χ2n) is 30.1. The van der Waals surface area contributed by atoms with Crippen molar-refractivity contribution in [2.24, 2.45) is 0 Å². The lowest BCUT2D eigenvalue weighted by atomic mass is 10.0. The van der Waals surface area contributed by atoms with Gasteiger partial charge in [0.1, 0.15) is 25.4 Å². The lowest BCUT2D eigenvalue weighted by molar-refractivity contribution is -0.161. The molecular formula is C91H164O16P2. The normalized spacial score (nSPS) is 14.3. The highest BCUT2D eigenvalue weighted by Gasteiger charge is 2.29. The van der Waals surface area contributed by atoms with Crippen LogP contribution in [0.25, 0.3) is 0 Å². The molecule has 0 aliphatic heterocycles. The van der Waals surface area contributed by atoms with Gasteiger partial charge in [0, 0.05) is 19.3 Å². The number of unbranched alkanes of at least 4 members (excludes halogenated alkanes) is 46. The minimum Gasteiger partial charge on any atom is -0.463 e. The molecule has 0 aliphatic carbocycles. The molecule has 16 nitrogen and oxygen atoms in total. The SMILES string of the molecule is CCCCC/C=C\C/C=C\C/C=C\C/C=C\CCCCCCCCCCCCCCCCCCCCCC(=O)OCC(O)COP(=O)(O)OCC(O)COP(=O)(O)OCC(COC(=O)CCCCCCCCCCC/C=C\C/C=C\C/C=C\C/C=C\CCCCC)OC(=O)CCCCCCCCCCCCCCC. The topological polar surface area (TPSA) is 231 Å². The van der Waals surface area contributed by atoms with Gasteiger partial charge in [-0.25, -0.2) is 9.13 Å². The summed E-state index contributed by atoms with van der Waals surface area (Å²) in [6.07, 6.45) is 99.0. The molecule has 0 radical (unpaired) electrons. The largest absolute Gasteiger partial charge is 0.472 e. The lowest BCUT2D eigenvalue weighted by Crippen LogP contribution is -2.30. The van der Waals surface area contributed by atoms with Crippen LogP contribution in [0, 0.1) is 0 Å². The van der Waals surface area contributed by atoms with Crippen LogP contribution in [-0.2, 0) is 55.8 Å². The van der Waals surface area contributed by atoms with Gasteiger partial charge in [0.25, 0.3) is 0 Å². The third kappa shape index (κ3) is 85.2. The summed E-state index contributed by atoms with van der Waals surface area (Å²) in [6.45, 7) is 2.69. The smallest absolute Gasteiger partial charge is 0.463 e. The molecule has 0 aromatic carbocycles. The zero-order valence-corrected chi connectivity index (χ0v) is 71.5. The number of carbonyl (C=O) groups is 3. The van der Waals surface area contributed by atoms with E-state index in [0.29, 0.717) is 19.3 Å². The van der Waals surface area contributed by atoms with Gasteiger partial charge in [-0.2, -0.15) is 0 Å². The maximum absolute atomic E-state index is 13.0. The van der Waals surface area contributed by atoms with E-state index >= 15 is 0 Å². The average Bonchev–Trinajstić information content (AvgIpc) is 0.905. The van der Waals surface area contributed by atoms with Crippen molar-refractivity contribution in [3.05, 3.63) is 97.2 Å². The lowest BCUT2D eigenvalue weighted by Gasteiger charge is -2.21. The van der Waals surface area contributed by atoms with Crippen molar-refractivity contribution in [3.63, 3.8) is 0 Å². The maximum atomic E-state index is 13.0. The Balaban J connectivity index is 4.37. The van der Waals surface area contributed by atoms with Gasteiger partial charge < -0.3 is 34.2 Å². The van der Waals surface area contributed by atoms with Gasteiger partial charge in [-0.3, -0.25) is 32.5 Å². The predicted octanol–water partition coefficient (Wildman–Crippen LogP) is 26.9. The third-order valence-corrected chi connectivity index (χ3v) is 21.2. The van der Waals surface area contributed by atoms with Crippen molar-refractivity contribution in [2.75, 3.05) is 39.6 Å². The monoisotopic (exact) mass is 1580 g/mol. The van der Waals surface area contributed by atoms with Gasteiger partial charge >= 0.3 is 33.6 Å². The molecule has 0 saturated heterocycles. The number of aliphatic hydroxyl groups is 2. The first-order valence-electron chi connectivity index (χ1n) is 44.5. The Kier molecular flexibility index (Phi) is 81.2. The Morgan fingerprint density at radius 3 is 0.743 bits per heavy atom. The number of carbonyl (C=O) groups excluding carboxylic acids is 3. The first-order chi connectivity index (χ1) is 53.2. The van der Waals surface area contributed by atoms with Crippen LogP contribution in [0.1, 0.15) is 406 Å². The number of allylic oxidation sites excluding steroid dienone is 16.